The highest BCUT2D eigenvalue weighted by molar-refractivity contribution is 5.65. The van der Waals surface area contributed by atoms with Crippen LogP contribution >= 0.6 is 0 Å². The Morgan fingerprint density at radius 1 is 1.00 bits per heavy atom. The Morgan fingerprint density at radius 3 is 2.59 bits per heavy atom. The molecule has 1 aliphatic rings. The van der Waals surface area contributed by atoms with Gasteiger partial charge in [-0.15, -0.1) is 0 Å². The smallest absolute Gasteiger partial charge is 0.0739 e. The van der Waals surface area contributed by atoms with E-state index in [1.807, 2.05) is 0 Å². The van der Waals surface area contributed by atoms with Gasteiger partial charge in [-0.05, 0) is 49.8 Å². The topological polar surface area (TPSA) is 12.9 Å². The van der Waals surface area contributed by atoms with E-state index in [-0.39, 0.29) is 0 Å². The first-order valence-corrected chi connectivity index (χ1v) is 6.39. The summed E-state index contributed by atoms with van der Waals surface area (Å²) in [5.74, 6) is 0. The van der Waals surface area contributed by atoms with Gasteiger partial charge in [0.15, 0.2) is 0 Å². The Balaban J connectivity index is 2.19. The minimum absolute atomic E-state index is 1.14. The largest absolute Gasteiger partial charge is 0.253 e. The van der Waals surface area contributed by atoms with Gasteiger partial charge in [-0.3, -0.25) is 4.98 Å². The van der Waals surface area contributed by atoms with Crippen LogP contribution in [-0.2, 0) is 12.8 Å². The summed E-state index contributed by atoms with van der Waals surface area (Å²) in [6, 6.07) is 12.8. The summed E-state index contributed by atoms with van der Waals surface area (Å²) >= 11 is 0. The molecular formula is C16H17N. The van der Waals surface area contributed by atoms with Crippen molar-refractivity contribution in [2.45, 2.75) is 32.6 Å². The number of aromatic nitrogens is 1. The molecule has 0 spiro atoms. The molecule has 17 heavy (non-hydrogen) atoms. The average molecular weight is 223 g/mol. The van der Waals surface area contributed by atoms with Crippen LogP contribution in [0.4, 0.5) is 0 Å². The lowest BCUT2D eigenvalue weighted by atomic mass is 9.88. The van der Waals surface area contributed by atoms with Gasteiger partial charge in [0.05, 0.1) is 5.69 Å². The van der Waals surface area contributed by atoms with Crippen LogP contribution in [0, 0.1) is 6.92 Å². The average Bonchev–Trinajstić information content (AvgIpc) is 2.39. The molecule has 1 heteroatoms. The SMILES string of the molecule is Cc1cc2c(c(-c3ccccc3)n1)CCCC2. The number of nitrogens with zero attached hydrogens (tertiary/aromatic N) is 1. The third-order valence-electron chi connectivity index (χ3n) is 3.51. The number of hydrogen-bond donors (Lipinski definition) is 0. The lowest BCUT2D eigenvalue weighted by molar-refractivity contribution is 0.682. The highest BCUT2D eigenvalue weighted by atomic mass is 14.7. The van der Waals surface area contributed by atoms with E-state index in [4.69, 9.17) is 4.98 Å². The second-order valence-electron chi connectivity index (χ2n) is 4.82. The zero-order valence-corrected chi connectivity index (χ0v) is 10.2. The highest BCUT2D eigenvalue weighted by Crippen LogP contribution is 2.30. The van der Waals surface area contributed by atoms with Crippen LogP contribution in [0.25, 0.3) is 11.3 Å². The molecule has 1 heterocycles. The summed E-state index contributed by atoms with van der Waals surface area (Å²) in [5, 5.41) is 0. The van der Waals surface area contributed by atoms with Crippen molar-refractivity contribution in [3.63, 3.8) is 0 Å². The first kappa shape index (κ1) is 10.5. The monoisotopic (exact) mass is 223 g/mol. The van der Waals surface area contributed by atoms with Crippen LogP contribution < -0.4 is 0 Å². The molecule has 1 aliphatic carbocycles. The molecule has 0 saturated carbocycles. The molecule has 0 atom stereocenters. The van der Waals surface area contributed by atoms with Crippen LogP contribution in [-0.4, -0.2) is 4.98 Å². The molecule has 86 valence electrons. The molecule has 1 aromatic heterocycles. The van der Waals surface area contributed by atoms with Crippen molar-refractivity contribution in [3.05, 3.63) is 53.2 Å². The second-order valence-corrected chi connectivity index (χ2v) is 4.82. The summed E-state index contributed by atoms with van der Waals surface area (Å²) in [6.07, 6.45) is 5.04. The summed E-state index contributed by atoms with van der Waals surface area (Å²) in [6.45, 7) is 2.10. The number of pyridine rings is 1. The Labute approximate surface area is 103 Å². The molecule has 0 bridgehead atoms. The van der Waals surface area contributed by atoms with E-state index in [1.165, 1.54) is 48.1 Å². The molecule has 2 aromatic rings. The maximum Gasteiger partial charge on any atom is 0.0739 e. The molecule has 0 N–H and O–H groups in total. The summed E-state index contributed by atoms with van der Waals surface area (Å²) in [5.41, 5.74) is 6.61. The number of aryl methyl sites for hydroxylation is 2. The van der Waals surface area contributed by atoms with E-state index in [1.54, 1.807) is 0 Å². The highest BCUT2D eigenvalue weighted by Gasteiger charge is 2.15. The third-order valence-corrected chi connectivity index (χ3v) is 3.51. The molecular weight excluding hydrogens is 206 g/mol. The Hall–Kier alpha value is -1.63. The molecule has 1 aromatic carbocycles. The second kappa shape index (κ2) is 4.33. The summed E-state index contributed by atoms with van der Waals surface area (Å²) in [7, 11) is 0. The zero-order valence-electron chi connectivity index (χ0n) is 10.2. The Kier molecular flexibility index (Phi) is 2.68. The van der Waals surface area contributed by atoms with E-state index in [0.717, 1.165) is 5.69 Å². The van der Waals surface area contributed by atoms with Gasteiger partial charge in [0.2, 0.25) is 0 Å². The quantitative estimate of drug-likeness (QED) is 0.713. The molecule has 0 amide bonds. The van der Waals surface area contributed by atoms with Crippen LogP contribution in [0.5, 0.6) is 0 Å². The minimum Gasteiger partial charge on any atom is -0.253 e. The molecule has 0 radical (unpaired) electrons. The van der Waals surface area contributed by atoms with Gasteiger partial charge in [-0.2, -0.15) is 0 Å². The molecule has 0 unspecified atom stereocenters. The van der Waals surface area contributed by atoms with Crippen LogP contribution in [0.3, 0.4) is 0 Å². The molecule has 3 rings (SSSR count). The van der Waals surface area contributed by atoms with Crippen molar-refractivity contribution in [2.75, 3.05) is 0 Å². The molecule has 0 aliphatic heterocycles. The third kappa shape index (κ3) is 1.97. The van der Waals surface area contributed by atoms with Crippen LogP contribution in [0.1, 0.15) is 29.7 Å². The van der Waals surface area contributed by atoms with Gasteiger partial charge in [-0.25, -0.2) is 0 Å². The predicted molar refractivity (Wildman–Crippen MR) is 71.1 cm³/mol. The van der Waals surface area contributed by atoms with Gasteiger partial charge in [-0.1, -0.05) is 30.3 Å². The maximum atomic E-state index is 4.76. The fourth-order valence-electron chi connectivity index (χ4n) is 2.72. The summed E-state index contributed by atoms with van der Waals surface area (Å²) in [4.78, 5) is 4.76. The van der Waals surface area contributed by atoms with Crippen LogP contribution in [0.15, 0.2) is 36.4 Å². The number of rotatable bonds is 1. The van der Waals surface area contributed by atoms with Gasteiger partial charge in [0.25, 0.3) is 0 Å². The zero-order chi connectivity index (χ0) is 11.7. The molecule has 0 fully saturated rings. The number of hydrogen-bond acceptors (Lipinski definition) is 1. The fraction of sp³-hybridized carbons (Fsp3) is 0.312. The summed E-state index contributed by atoms with van der Waals surface area (Å²) < 4.78 is 0. The van der Waals surface area contributed by atoms with Gasteiger partial charge < -0.3 is 0 Å². The normalized spacial score (nSPS) is 14.4. The van der Waals surface area contributed by atoms with E-state index in [2.05, 4.69) is 43.3 Å². The predicted octanol–water partition coefficient (Wildman–Crippen LogP) is 3.94. The van der Waals surface area contributed by atoms with E-state index < -0.39 is 0 Å². The van der Waals surface area contributed by atoms with Crippen molar-refractivity contribution in [1.29, 1.82) is 0 Å². The van der Waals surface area contributed by atoms with E-state index >= 15 is 0 Å². The lowest BCUT2D eigenvalue weighted by Gasteiger charge is -2.19. The maximum absolute atomic E-state index is 4.76. The van der Waals surface area contributed by atoms with Crippen molar-refractivity contribution in [1.82, 2.24) is 4.98 Å². The van der Waals surface area contributed by atoms with Crippen molar-refractivity contribution < 1.29 is 0 Å². The first-order chi connectivity index (χ1) is 8.34. The fourth-order valence-corrected chi connectivity index (χ4v) is 2.72. The van der Waals surface area contributed by atoms with Gasteiger partial charge in [0, 0.05) is 11.3 Å². The molecule has 1 nitrogen and oxygen atoms in total. The van der Waals surface area contributed by atoms with E-state index in [9.17, 15) is 0 Å². The van der Waals surface area contributed by atoms with Crippen molar-refractivity contribution in [2.24, 2.45) is 0 Å². The molecule has 0 saturated heterocycles. The van der Waals surface area contributed by atoms with E-state index in [0.29, 0.717) is 0 Å². The number of benzene rings is 1. The van der Waals surface area contributed by atoms with Gasteiger partial charge >= 0.3 is 0 Å². The van der Waals surface area contributed by atoms with Crippen molar-refractivity contribution in [3.8, 4) is 11.3 Å². The lowest BCUT2D eigenvalue weighted by Crippen LogP contribution is -2.07. The minimum atomic E-state index is 1.14. The van der Waals surface area contributed by atoms with Gasteiger partial charge in [0.1, 0.15) is 0 Å². The standard InChI is InChI=1S/C16H17N/c1-12-11-14-9-5-6-10-15(14)16(17-12)13-7-3-2-4-8-13/h2-4,7-8,11H,5-6,9-10H2,1H3. The first-order valence-electron chi connectivity index (χ1n) is 6.39. The van der Waals surface area contributed by atoms with Crippen LogP contribution in [0.2, 0.25) is 0 Å². The van der Waals surface area contributed by atoms with Crippen molar-refractivity contribution >= 4 is 0 Å². The Bertz CT molecular complexity index is 529. The Morgan fingerprint density at radius 2 is 1.76 bits per heavy atom. The number of fused-ring (bicyclic) bond motifs is 1.